The van der Waals surface area contributed by atoms with E-state index in [0.29, 0.717) is 6.54 Å². The van der Waals surface area contributed by atoms with Crippen LogP contribution in [0.2, 0.25) is 5.02 Å². The summed E-state index contributed by atoms with van der Waals surface area (Å²) in [7, 11) is -2.45. The minimum atomic E-state index is -3.91. The lowest BCUT2D eigenvalue weighted by Gasteiger charge is -2.31. The molecule has 0 aliphatic carbocycles. The van der Waals surface area contributed by atoms with Crippen molar-refractivity contribution in [3.05, 3.63) is 94.5 Å². The van der Waals surface area contributed by atoms with E-state index in [-0.39, 0.29) is 27.9 Å². The maximum atomic E-state index is 13.1. The Morgan fingerprint density at radius 1 is 1.06 bits per heavy atom. The number of rotatable bonds is 7. The van der Waals surface area contributed by atoms with Crippen molar-refractivity contribution in [2.75, 3.05) is 18.5 Å². The molecule has 1 atom stereocenters. The Balaban J connectivity index is 1.51. The van der Waals surface area contributed by atoms with E-state index in [0.717, 1.165) is 29.7 Å². The Morgan fingerprint density at radius 2 is 1.75 bits per heavy atom. The van der Waals surface area contributed by atoms with Crippen LogP contribution in [0.3, 0.4) is 0 Å². The summed E-state index contributed by atoms with van der Waals surface area (Å²) in [5.74, 6) is -1.22. The van der Waals surface area contributed by atoms with Crippen molar-refractivity contribution in [2.45, 2.75) is 37.3 Å². The molecule has 0 saturated carbocycles. The van der Waals surface area contributed by atoms with Crippen molar-refractivity contribution in [3.63, 3.8) is 0 Å². The number of nitrogens with zero attached hydrogens (tertiary/aromatic N) is 2. The molecule has 4 rings (SSSR count). The van der Waals surface area contributed by atoms with Crippen molar-refractivity contribution in [2.24, 2.45) is 0 Å². The molecule has 3 aromatic carbocycles. The Morgan fingerprint density at radius 3 is 2.50 bits per heavy atom. The van der Waals surface area contributed by atoms with Crippen LogP contribution in [0.1, 0.15) is 34.8 Å². The zero-order valence-electron chi connectivity index (χ0n) is 20.1. The lowest BCUT2D eigenvalue weighted by Crippen LogP contribution is -2.42. The number of benzene rings is 3. The van der Waals surface area contributed by atoms with E-state index in [4.69, 9.17) is 16.3 Å². The molecule has 9 heteroatoms. The van der Waals surface area contributed by atoms with Crippen molar-refractivity contribution in [3.8, 4) is 0 Å². The topological polar surface area (TPSA) is 84.0 Å². The predicted molar refractivity (Wildman–Crippen MR) is 139 cm³/mol. The number of fused-ring (bicyclic) bond motifs is 1. The number of para-hydroxylation sites is 1. The summed E-state index contributed by atoms with van der Waals surface area (Å²) >= 11 is 6.22. The summed E-state index contributed by atoms with van der Waals surface area (Å²) in [5.41, 5.74) is 2.58. The number of sulfonamides is 1. The summed E-state index contributed by atoms with van der Waals surface area (Å²) in [4.78, 5) is 27.6. The smallest absolute Gasteiger partial charge is 0.340 e. The number of aryl methyl sites for hydroxylation is 1. The molecule has 1 unspecified atom stereocenters. The SMILES string of the molecule is CC(OC(=O)c1cc(S(=O)(=O)N(C)Cc2ccccc2)ccc1Cl)C(=O)N1CCCc2ccccc21. The van der Waals surface area contributed by atoms with Gasteiger partial charge in [0, 0.05) is 25.8 Å². The van der Waals surface area contributed by atoms with Gasteiger partial charge in [-0.2, -0.15) is 4.31 Å². The Hall–Kier alpha value is -3.20. The summed E-state index contributed by atoms with van der Waals surface area (Å²) in [6, 6.07) is 20.7. The average Bonchev–Trinajstić information content (AvgIpc) is 2.88. The van der Waals surface area contributed by atoms with Crippen LogP contribution in [0.15, 0.2) is 77.7 Å². The molecular weight excluding hydrogens is 500 g/mol. The molecule has 0 spiro atoms. The first kappa shape index (κ1) is 25.9. The van der Waals surface area contributed by atoms with Gasteiger partial charge in [-0.1, -0.05) is 60.1 Å². The second-order valence-corrected chi connectivity index (χ2v) is 11.1. The van der Waals surface area contributed by atoms with E-state index < -0.39 is 22.1 Å². The molecule has 1 amide bonds. The lowest BCUT2D eigenvalue weighted by molar-refractivity contribution is -0.126. The third-order valence-electron chi connectivity index (χ3n) is 6.12. The number of carbonyl (C=O) groups excluding carboxylic acids is 2. The van der Waals surface area contributed by atoms with E-state index in [1.165, 1.54) is 36.5 Å². The van der Waals surface area contributed by atoms with Gasteiger partial charge in [0.25, 0.3) is 5.91 Å². The highest BCUT2D eigenvalue weighted by Gasteiger charge is 2.30. The highest BCUT2D eigenvalue weighted by molar-refractivity contribution is 7.89. The van der Waals surface area contributed by atoms with Crippen LogP contribution in [-0.2, 0) is 32.5 Å². The molecule has 7 nitrogen and oxygen atoms in total. The number of hydrogen-bond donors (Lipinski definition) is 0. The molecule has 0 saturated heterocycles. The third-order valence-corrected chi connectivity index (χ3v) is 8.25. The fraction of sp³-hybridized carbons (Fsp3) is 0.259. The van der Waals surface area contributed by atoms with E-state index in [1.54, 1.807) is 4.90 Å². The highest BCUT2D eigenvalue weighted by Crippen LogP contribution is 2.28. The fourth-order valence-electron chi connectivity index (χ4n) is 4.18. The molecular formula is C27H27ClN2O5S. The normalized spacial score (nSPS) is 14.3. The van der Waals surface area contributed by atoms with Gasteiger partial charge >= 0.3 is 5.97 Å². The maximum absolute atomic E-state index is 13.1. The van der Waals surface area contributed by atoms with Crippen LogP contribution in [0.5, 0.6) is 0 Å². The molecule has 0 fully saturated rings. The molecule has 1 heterocycles. The number of esters is 1. The molecule has 3 aromatic rings. The molecule has 0 radical (unpaired) electrons. The number of anilines is 1. The summed E-state index contributed by atoms with van der Waals surface area (Å²) in [6.45, 7) is 2.19. The summed E-state index contributed by atoms with van der Waals surface area (Å²) in [5, 5.41) is 0.0348. The van der Waals surface area contributed by atoms with Gasteiger partial charge in [-0.15, -0.1) is 0 Å². The predicted octanol–water partition coefficient (Wildman–Crippen LogP) is 4.69. The number of halogens is 1. The van der Waals surface area contributed by atoms with E-state index >= 15 is 0 Å². The molecule has 188 valence electrons. The number of hydrogen-bond acceptors (Lipinski definition) is 5. The third kappa shape index (κ3) is 5.46. The van der Waals surface area contributed by atoms with Crippen molar-refractivity contribution in [1.82, 2.24) is 4.31 Å². The zero-order valence-corrected chi connectivity index (χ0v) is 21.6. The van der Waals surface area contributed by atoms with Gasteiger partial charge in [-0.25, -0.2) is 13.2 Å². The van der Waals surface area contributed by atoms with Crippen molar-refractivity contribution < 1.29 is 22.7 Å². The van der Waals surface area contributed by atoms with Gasteiger partial charge in [-0.3, -0.25) is 4.79 Å². The van der Waals surface area contributed by atoms with E-state index in [1.807, 2.05) is 54.6 Å². The first-order valence-corrected chi connectivity index (χ1v) is 13.4. The van der Waals surface area contributed by atoms with Gasteiger partial charge in [0.05, 0.1) is 15.5 Å². The first-order valence-electron chi connectivity index (χ1n) is 11.6. The fourth-order valence-corrected chi connectivity index (χ4v) is 5.56. The van der Waals surface area contributed by atoms with Crippen LogP contribution in [0, 0.1) is 0 Å². The van der Waals surface area contributed by atoms with Crippen molar-refractivity contribution in [1.29, 1.82) is 0 Å². The maximum Gasteiger partial charge on any atom is 0.340 e. The number of carbonyl (C=O) groups is 2. The summed E-state index contributed by atoms with van der Waals surface area (Å²) < 4.78 is 32.9. The van der Waals surface area contributed by atoms with Crippen LogP contribution in [0.25, 0.3) is 0 Å². The van der Waals surface area contributed by atoms with Gasteiger partial charge in [0.2, 0.25) is 10.0 Å². The first-order chi connectivity index (χ1) is 17.2. The van der Waals surface area contributed by atoms with Gasteiger partial charge < -0.3 is 9.64 Å². The van der Waals surface area contributed by atoms with Gasteiger partial charge in [0.1, 0.15) is 0 Å². The minimum absolute atomic E-state index is 0.0348. The van der Waals surface area contributed by atoms with Crippen LogP contribution >= 0.6 is 11.6 Å². The Labute approximate surface area is 216 Å². The quantitative estimate of drug-likeness (QED) is 0.417. The molecule has 36 heavy (non-hydrogen) atoms. The van der Waals surface area contributed by atoms with Gasteiger partial charge in [0.15, 0.2) is 6.10 Å². The lowest BCUT2D eigenvalue weighted by atomic mass is 10.0. The Kier molecular flexibility index (Phi) is 7.78. The molecule has 0 aromatic heterocycles. The van der Waals surface area contributed by atoms with Crippen molar-refractivity contribution >= 4 is 39.2 Å². The molecule has 1 aliphatic rings. The standard InChI is InChI=1S/C27H27ClN2O5S/c1-19(26(31)30-16-8-12-21-11-6-7-13-25(21)30)35-27(32)23-17-22(14-15-24(23)28)36(33,34)29(2)18-20-9-4-3-5-10-20/h3-7,9-11,13-15,17,19H,8,12,16,18H2,1-2H3. The summed E-state index contributed by atoms with van der Waals surface area (Å²) in [6.07, 6.45) is 0.607. The second kappa shape index (κ2) is 10.8. The zero-order chi connectivity index (χ0) is 25.9. The largest absolute Gasteiger partial charge is 0.449 e. The van der Waals surface area contributed by atoms with E-state index in [2.05, 4.69) is 0 Å². The second-order valence-electron chi connectivity index (χ2n) is 8.66. The Bertz CT molecular complexity index is 1380. The van der Waals surface area contributed by atoms with Gasteiger partial charge in [-0.05, 0) is 55.2 Å². The average molecular weight is 527 g/mol. The van der Waals surface area contributed by atoms with Crippen LogP contribution < -0.4 is 4.90 Å². The van der Waals surface area contributed by atoms with Crippen LogP contribution in [-0.4, -0.2) is 44.3 Å². The monoisotopic (exact) mass is 526 g/mol. The molecule has 0 N–H and O–H groups in total. The van der Waals surface area contributed by atoms with Crippen LogP contribution in [0.4, 0.5) is 5.69 Å². The minimum Gasteiger partial charge on any atom is -0.449 e. The molecule has 0 bridgehead atoms. The number of ether oxygens (including phenoxy) is 1. The highest BCUT2D eigenvalue weighted by atomic mass is 35.5. The van der Waals surface area contributed by atoms with E-state index in [9.17, 15) is 18.0 Å². The molecule has 1 aliphatic heterocycles. The number of amides is 1.